The van der Waals surface area contributed by atoms with E-state index in [4.69, 9.17) is 28.5 Å². The topological polar surface area (TPSA) is 57.9 Å². The first-order valence-electron chi connectivity index (χ1n) is 5.70. The van der Waals surface area contributed by atoms with Crippen LogP contribution in [0.5, 0.6) is 0 Å². The van der Waals surface area contributed by atoms with Gasteiger partial charge in [0.2, 0.25) is 0 Å². The number of halogens is 3. The monoisotopic (exact) mass is 343 g/mol. The van der Waals surface area contributed by atoms with Gasteiger partial charge in [-0.05, 0) is 30.3 Å². The molecule has 0 unspecified atom stereocenters. The largest absolute Gasteiger partial charge is 0.223 e. The minimum Gasteiger partial charge on any atom is -0.223 e. The van der Waals surface area contributed by atoms with Gasteiger partial charge in [-0.2, -0.15) is 5.26 Å². The van der Waals surface area contributed by atoms with Crippen LogP contribution < -0.4 is 0 Å². The number of hydrogen-bond acceptors (Lipinski definition) is 3. The summed E-state index contributed by atoms with van der Waals surface area (Å²) in [6.07, 6.45) is 0. The Morgan fingerprint density at radius 3 is 2.33 bits per heavy atom. The predicted octanol–water partition coefficient (Wildman–Crippen LogP) is 3.98. The first-order chi connectivity index (χ1) is 9.85. The number of hydrogen-bond donors (Lipinski definition) is 0. The average Bonchev–Trinajstić information content (AvgIpc) is 2.40. The second kappa shape index (κ2) is 6.02. The van der Waals surface area contributed by atoms with Gasteiger partial charge in [0.15, 0.2) is 9.84 Å². The van der Waals surface area contributed by atoms with Crippen molar-refractivity contribution >= 4 is 33.0 Å². The maximum Gasteiger partial charge on any atom is 0.185 e. The van der Waals surface area contributed by atoms with Crippen LogP contribution in [0.2, 0.25) is 10.0 Å². The number of sulfone groups is 1. The summed E-state index contributed by atoms with van der Waals surface area (Å²) in [5, 5.41) is 8.74. The molecule has 2 rings (SSSR count). The zero-order valence-corrected chi connectivity index (χ0v) is 12.8. The highest BCUT2D eigenvalue weighted by Crippen LogP contribution is 2.31. The van der Waals surface area contributed by atoms with Crippen molar-refractivity contribution in [3.05, 3.63) is 63.4 Å². The lowest BCUT2D eigenvalue weighted by Gasteiger charge is -2.09. The summed E-state index contributed by atoms with van der Waals surface area (Å²) in [6, 6.07) is 9.64. The molecule has 0 aliphatic heterocycles. The van der Waals surface area contributed by atoms with E-state index in [0.29, 0.717) is 0 Å². The highest BCUT2D eigenvalue weighted by Gasteiger charge is 2.23. The molecule has 0 saturated heterocycles. The van der Waals surface area contributed by atoms with Gasteiger partial charge in [-0.15, -0.1) is 0 Å². The summed E-state index contributed by atoms with van der Waals surface area (Å²) in [7, 11) is -3.94. The van der Waals surface area contributed by atoms with Crippen LogP contribution in [0, 0.1) is 17.1 Å². The van der Waals surface area contributed by atoms with Crippen molar-refractivity contribution in [2.75, 3.05) is 0 Å². The summed E-state index contributed by atoms with van der Waals surface area (Å²) < 4.78 is 38.5. The van der Waals surface area contributed by atoms with Gasteiger partial charge in [0.1, 0.15) is 10.7 Å². The quantitative estimate of drug-likeness (QED) is 0.846. The number of nitrogens with zero attached hydrogens (tertiary/aromatic N) is 1. The van der Waals surface area contributed by atoms with E-state index in [2.05, 4.69) is 0 Å². The molecule has 0 aliphatic rings. The zero-order valence-electron chi connectivity index (χ0n) is 10.5. The summed E-state index contributed by atoms with van der Waals surface area (Å²) in [4.78, 5) is -0.241. The summed E-state index contributed by atoms with van der Waals surface area (Å²) in [6.45, 7) is 0. The smallest absolute Gasteiger partial charge is 0.185 e. The summed E-state index contributed by atoms with van der Waals surface area (Å²) in [5.74, 6) is -1.33. The van der Waals surface area contributed by atoms with Crippen LogP contribution in [0.3, 0.4) is 0 Å². The van der Waals surface area contributed by atoms with Crippen LogP contribution in [-0.2, 0) is 15.6 Å². The molecule has 0 amide bonds. The van der Waals surface area contributed by atoms with Crippen molar-refractivity contribution in [1.29, 1.82) is 5.26 Å². The van der Waals surface area contributed by atoms with Crippen LogP contribution in [0.1, 0.15) is 11.1 Å². The van der Waals surface area contributed by atoms with Gasteiger partial charge >= 0.3 is 0 Å². The molecule has 0 radical (unpaired) electrons. The number of rotatable bonds is 3. The average molecular weight is 344 g/mol. The summed E-state index contributed by atoms with van der Waals surface area (Å²) in [5.41, 5.74) is 0.0666. The second-order valence-corrected chi connectivity index (χ2v) is 6.97. The maximum atomic E-state index is 13.7. The van der Waals surface area contributed by atoms with Gasteiger partial charge in [0.05, 0.1) is 27.4 Å². The molecule has 0 bridgehead atoms. The lowest BCUT2D eigenvalue weighted by atomic mass is 10.1. The molecule has 7 heteroatoms. The fourth-order valence-electron chi connectivity index (χ4n) is 1.81. The Bertz CT molecular complexity index is 824. The van der Waals surface area contributed by atoms with Gasteiger partial charge in [0.25, 0.3) is 0 Å². The molecule has 0 N–H and O–H groups in total. The van der Waals surface area contributed by atoms with Crippen LogP contribution in [0.25, 0.3) is 0 Å². The Morgan fingerprint density at radius 2 is 1.76 bits per heavy atom. The lowest BCUT2D eigenvalue weighted by Crippen LogP contribution is -2.08. The Hall–Kier alpha value is -1.61. The Labute approximate surface area is 131 Å². The first-order valence-corrected chi connectivity index (χ1v) is 8.11. The summed E-state index contributed by atoms with van der Waals surface area (Å²) >= 11 is 11.7. The molecule has 2 aromatic carbocycles. The Morgan fingerprint density at radius 1 is 1.14 bits per heavy atom. The minimum atomic E-state index is -3.94. The van der Waals surface area contributed by atoms with Gasteiger partial charge in [-0.25, -0.2) is 12.8 Å². The van der Waals surface area contributed by atoms with Crippen molar-refractivity contribution < 1.29 is 12.8 Å². The molecule has 0 spiro atoms. The van der Waals surface area contributed by atoms with E-state index in [1.165, 1.54) is 30.3 Å². The fraction of sp³-hybridized carbons (Fsp3) is 0.0714. The van der Waals surface area contributed by atoms with Crippen LogP contribution in [0.4, 0.5) is 4.39 Å². The third kappa shape index (κ3) is 3.35. The standard InChI is InChI=1S/C14H8Cl2FNO2S/c15-11-2-1-3-12(16)14(11)21(19,20)8-10-6-9(7-18)4-5-13(10)17/h1-6H,8H2. The van der Waals surface area contributed by atoms with Crippen molar-refractivity contribution in [2.45, 2.75) is 10.6 Å². The number of nitriles is 1. The molecule has 0 aliphatic carbocycles. The van der Waals surface area contributed by atoms with E-state index in [-0.39, 0.29) is 26.1 Å². The second-order valence-electron chi connectivity index (χ2n) is 4.23. The molecule has 21 heavy (non-hydrogen) atoms. The lowest BCUT2D eigenvalue weighted by molar-refractivity contribution is 0.587. The van der Waals surface area contributed by atoms with Gasteiger partial charge in [-0.1, -0.05) is 29.3 Å². The molecule has 3 nitrogen and oxygen atoms in total. The Kier molecular flexibility index (Phi) is 4.52. The van der Waals surface area contributed by atoms with Crippen LogP contribution >= 0.6 is 23.2 Å². The molecular formula is C14H8Cl2FNO2S. The molecule has 0 heterocycles. The van der Waals surface area contributed by atoms with Gasteiger partial charge < -0.3 is 0 Å². The molecule has 2 aromatic rings. The molecule has 0 fully saturated rings. The van der Waals surface area contributed by atoms with Crippen molar-refractivity contribution in [2.24, 2.45) is 0 Å². The third-order valence-corrected chi connectivity index (χ3v) is 5.36. The Balaban J connectivity index is 2.50. The van der Waals surface area contributed by atoms with Crippen LogP contribution in [0.15, 0.2) is 41.3 Å². The number of benzene rings is 2. The highest BCUT2D eigenvalue weighted by molar-refractivity contribution is 7.90. The van der Waals surface area contributed by atoms with Crippen molar-refractivity contribution in [3.63, 3.8) is 0 Å². The van der Waals surface area contributed by atoms with Crippen molar-refractivity contribution in [1.82, 2.24) is 0 Å². The zero-order chi connectivity index (χ0) is 15.6. The van der Waals surface area contributed by atoms with E-state index in [0.717, 1.165) is 6.07 Å². The van der Waals surface area contributed by atoms with Crippen molar-refractivity contribution in [3.8, 4) is 6.07 Å². The highest BCUT2D eigenvalue weighted by atomic mass is 35.5. The molecule has 0 atom stereocenters. The van der Waals surface area contributed by atoms with Crippen LogP contribution in [-0.4, -0.2) is 8.42 Å². The fourth-order valence-corrected chi connectivity index (χ4v) is 4.42. The molecule has 0 aromatic heterocycles. The minimum absolute atomic E-state index is 0.0284. The van der Waals surface area contributed by atoms with E-state index >= 15 is 0 Å². The first kappa shape index (κ1) is 15.8. The molecule has 108 valence electrons. The molecular weight excluding hydrogens is 336 g/mol. The molecule has 0 saturated carbocycles. The predicted molar refractivity (Wildman–Crippen MR) is 78.5 cm³/mol. The van der Waals surface area contributed by atoms with Gasteiger partial charge in [0, 0.05) is 5.56 Å². The SMILES string of the molecule is N#Cc1ccc(F)c(CS(=O)(=O)c2c(Cl)cccc2Cl)c1. The normalized spacial score (nSPS) is 11.1. The third-order valence-electron chi connectivity index (χ3n) is 2.75. The van der Waals surface area contributed by atoms with Gasteiger partial charge in [-0.3, -0.25) is 0 Å². The van der Waals surface area contributed by atoms with E-state index in [9.17, 15) is 12.8 Å². The van der Waals surface area contributed by atoms with E-state index in [1.807, 2.05) is 6.07 Å². The maximum absolute atomic E-state index is 13.7. The van der Waals surface area contributed by atoms with E-state index < -0.39 is 21.4 Å². The van der Waals surface area contributed by atoms with E-state index in [1.54, 1.807) is 0 Å².